The summed E-state index contributed by atoms with van der Waals surface area (Å²) in [5, 5.41) is 5.58. The molecular formula is C21H22ClFN4O2. The molecule has 0 saturated carbocycles. The number of aromatic nitrogens is 2. The Kier molecular flexibility index (Phi) is 5.32. The third kappa shape index (κ3) is 3.74. The standard InChI is InChI=1S/C21H22ClFN4O2/c1-14-12-25(19-10-20(29-2)16(22)9-17(19)23)7-8-26(14)21(28)13-27-18-6-4-3-5-15(18)11-24-27/h3-6,9-11,14H,7-8,12-13H2,1-2H3/t14-/m0/s1. The number of carbonyl (C=O) groups excluding carboxylic acids is 1. The molecule has 29 heavy (non-hydrogen) atoms. The second-order valence-electron chi connectivity index (χ2n) is 7.18. The lowest BCUT2D eigenvalue weighted by molar-refractivity contribution is -0.134. The molecule has 1 fully saturated rings. The van der Waals surface area contributed by atoms with Crippen LogP contribution in [0.2, 0.25) is 5.02 Å². The van der Waals surface area contributed by atoms with Gasteiger partial charge < -0.3 is 14.5 Å². The van der Waals surface area contributed by atoms with Gasteiger partial charge in [0.15, 0.2) is 0 Å². The summed E-state index contributed by atoms with van der Waals surface area (Å²) in [5.74, 6) is 0.0331. The summed E-state index contributed by atoms with van der Waals surface area (Å²) in [5.41, 5.74) is 1.37. The molecule has 0 unspecified atom stereocenters. The average Bonchev–Trinajstić information content (AvgIpc) is 3.11. The molecule has 1 aliphatic rings. The van der Waals surface area contributed by atoms with Gasteiger partial charge in [-0.15, -0.1) is 0 Å². The van der Waals surface area contributed by atoms with E-state index in [0.717, 1.165) is 10.9 Å². The number of ether oxygens (including phenoxy) is 1. The molecule has 2 heterocycles. The van der Waals surface area contributed by atoms with Crippen molar-refractivity contribution >= 4 is 34.1 Å². The molecule has 1 aromatic heterocycles. The van der Waals surface area contributed by atoms with Crippen molar-refractivity contribution in [1.82, 2.24) is 14.7 Å². The van der Waals surface area contributed by atoms with Gasteiger partial charge in [-0.1, -0.05) is 29.8 Å². The summed E-state index contributed by atoms with van der Waals surface area (Å²) < 4.78 is 21.4. The highest BCUT2D eigenvalue weighted by atomic mass is 35.5. The van der Waals surface area contributed by atoms with Gasteiger partial charge in [-0.05, 0) is 19.1 Å². The summed E-state index contributed by atoms with van der Waals surface area (Å²) in [4.78, 5) is 16.7. The number of halogens is 2. The van der Waals surface area contributed by atoms with E-state index in [1.54, 1.807) is 16.9 Å². The van der Waals surface area contributed by atoms with Crippen LogP contribution in [0.1, 0.15) is 6.92 Å². The number of carbonyl (C=O) groups is 1. The number of nitrogens with zero attached hydrogens (tertiary/aromatic N) is 4. The zero-order chi connectivity index (χ0) is 20.5. The van der Waals surface area contributed by atoms with Gasteiger partial charge >= 0.3 is 0 Å². The highest BCUT2D eigenvalue weighted by molar-refractivity contribution is 6.32. The molecule has 0 N–H and O–H groups in total. The fourth-order valence-electron chi connectivity index (χ4n) is 3.83. The summed E-state index contributed by atoms with van der Waals surface area (Å²) in [7, 11) is 1.50. The Morgan fingerprint density at radius 3 is 2.86 bits per heavy atom. The second-order valence-corrected chi connectivity index (χ2v) is 7.59. The van der Waals surface area contributed by atoms with Crippen LogP contribution >= 0.6 is 11.6 Å². The van der Waals surface area contributed by atoms with Gasteiger partial charge in [0.05, 0.1) is 29.5 Å². The number of piperazine rings is 1. The van der Waals surface area contributed by atoms with Crippen LogP contribution in [0.4, 0.5) is 10.1 Å². The maximum atomic E-state index is 14.5. The number of rotatable bonds is 4. The van der Waals surface area contributed by atoms with Gasteiger partial charge in [0.25, 0.3) is 0 Å². The van der Waals surface area contributed by atoms with E-state index in [-0.39, 0.29) is 23.5 Å². The molecule has 0 bridgehead atoms. The van der Waals surface area contributed by atoms with Gasteiger partial charge in [0, 0.05) is 37.1 Å². The minimum Gasteiger partial charge on any atom is -0.495 e. The summed E-state index contributed by atoms with van der Waals surface area (Å²) in [6.45, 7) is 3.70. The van der Waals surface area contributed by atoms with Crippen LogP contribution in [-0.2, 0) is 11.3 Å². The van der Waals surface area contributed by atoms with Crippen LogP contribution in [0.25, 0.3) is 10.9 Å². The summed E-state index contributed by atoms with van der Waals surface area (Å²) in [6, 6.07) is 10.6. The van der Waals surface area contributed by atoms with Crippen molar-refractivity contribution in [2.24, 2.45) is 0 Å². The molecule has 1 atom stereocenters. The molecule has 2 aromatic carbocycles. The van der Waals surface area contributed by atoms with Crippen molar-refractivity contribution < 1.29 is 13.9 Å². The highest BCUT2D eigenvalue weighted by Crippen LogP contribution is 2.33. The number of benzene rings is 2. The number of fused-ring (bicyclic) bond motifs is 1. The maximum absolute atomic E-state index is 14.5. The Hall–Kier alpha value is -2.80. The Bertz CT molecular complexity index is 1050. The monoisotopic (exact) mass is 416 g/mol. The lowest BCUT2D eigenvalue weighted by Gasteiger charge is -2.41. The van der Waals surface area contributed by atoms with E-state index >= 15 is 0 Å². The first kappa shape index (κ1) is 19.5. The summed E-state index contributed by atoms with van der Waals surface area (Å²) >= 11 is 6.00. The molecule has 4 rings (SSSR count). The van der Waals surface area contributed by atoms with Gasteiger partial charge in [-0.3, -0.25) is 9.48 Å². The van der Waals surface area contributed by atoms with E-state index in [1.165, 1.54) is 13.2 Å². The van der Waals surface area contributed by atoms with Gasteiger partial charge in [0.1, 0.15) is 18.1 Å². The Balaban J connectivity index is 1.47. The van der Waals surface area contributed by atoms with Crippen molar-refractivity contribution in [3.8, 4) is 5.75 Å². The van der Waals surface area contributed by atoms with Crippen LogP contribution in [0.3, 0.4) is 0 Å². The number of amides is 1. The lowest BCUT2D eigenvalue weighted by atomic mass is 10.1. The van der Waals surface area contributed by atoms with Crippen molar-refractivity contribution in [2.75, 3.05) is 31.6 Å². The Morgan fingerprint density at radius 1 is 1.31 bits per heavy atom. The van der Waals surface area contributed by atoms with Gasteiger partial charge in [-0.25, -0.2) is 4.39 Å². The Labute approximate surface area is 173 Å². The predicted octanol–water partition coefficient (Wildman–Crippen LogP) is 3.57. The SMILES string of the molecule is COc1cc(N2CCN(C(=O)Cn3ncc4ccccc43)[C@@H](C)C2)c(F)cc1Cl. The van der Waals surface area contributed by atoms with Crippen molar-refractivity contribution in [3.63, 3.8) is 0 Å². The second kappa shape index (κ2) is 7.91. The number of hydrogen-bond acceptors (Lipinski definition) is 4. The molecule has 3 aromatic rings. The van der Waals surface area contributed by atoms with E-state index in [1.807, 2.05) is 41.0 Å². The quantitative estimate of drug-likeness (QED) is 0.652. The number of hydrogen-bond donors (Lipinski definition) is 0. The smallest absolute Gasteiger partial charge is 0.244 e. The van der Waals surface area contributed by atoms with Crippen LogP contribution in [0.15, 0.2) is 42.6 Å². The van der Waals surface area contributed by atoms with E-state index < -0.39 is 5.82 Å². The fraction of sp³-hybridized carbons (Fsp3) is 0.333. The molecule has 0 radical (unpaired) electrons. The molecule has 1 aliphatic heterocycles. The first-order valence-corrected chi connectivity index (χ1v) is 9.83. The molecule has 0 aliphatic carbocycles. The van der Waals surface area contributed by atoms with Crippen LogP contribution in [0.5, 0.6) is 5.75 Å². The zero-order valence-electron chi connectivity index (χ0n) is 16.3. The minimum absolute atomic E-state index is 0.000150. The van der Waals surface area contributed by atoms with Gasteiger partial charge in [-0.2, -0.15) is 5.10 Å². The molecule has 8 heteroatoms. The molecule has 152 valence electrons. The van der Waals surface area contributed by atoms with Crippen LogP contribution in [0, 0.1) is 5.82 Å². The number of anilines is 1. The van der Waals surface area contributed by atoms with Crippen LogP contribution < -0.4 is 9.64 Å². The Morgan fingerprint density at radius 2 is 2.10 bits per heavy atom. The third-order valence-corrected chi connectivity index (χ3v) is 5.64. The van der Waals surface area contributed by atoms with E-state index in [4.69, 9.17) is 16.3 Å². The number of para-hydroxylation sites is 1. The molecule has 6 nitrogen and oxygen atoms in total. The lowest BCUT2D eigenvalue weighted by Crippen LogP contribution is -2.55. The van der Waals surface area contributed by atoms with Crippen molar-refractivity contribution in [2.45, 2.75) is 19.5 Å². The highest BCUT2D eigenvalue weighted by Gasteiger charge is 2.29. The molecule has 0 spiro atoms. The summed E-state index contributed by atoms with van der Waals surface area (Å²) in [6.07, 6.45) is 1.76. The molecule has 1 amide bonds. The van der Waals surface area contributed by atoms with Crippen LogP contribution in [-0.4, -0.2) is 53.4 Å². The fourth-order valence-corrected chi connectivity index (χ4v) is 4.06. The predicted molar refractivity (Wildman–Crippen MR) is 111 cm³/mol. The molecular weight excluding hydrogens is 395 g/mol. The first-order chi connectivity index (χ1) is 14.0. The maximum Gasteiger partial charge on any atom is 0.244 e. The molecule has 1 saturated heterocycles. The largest absolute Gasteiger partial charge is 0.495 e. The zero-order valence-corrected chi connectivity index (χ0v) is 17.1. The third-order valence-electron chi connectivity index (χ3n) is 5.35. The van der Waals surface area contributed by atoms with E-state index in [0.29, 0.717) is 31.1 Å². The topological polar surface area (TPSA) is 50.6 Å². The van der Waals surface area contributed by atoms with Crippen molar-refractivity contribution in [1.29, 1.82) is 0 Å². The van der Waals surface area contributed by atoms with Crippen molar-refractivity contribution in [3.05, 3.63) is 53.4 Å². The first-order valence-electron chi connectivity index (χ1n) is 9.46. The minimum atomic E-state index is -0.397. The van der Waals surface area contributed by atoms with E-state index in [9.17, 15) is 9.18 Å². The normalized spacial score (nSPS) is 17.0. The number of methoxy groups -OCH3 is 1. The average molecular weight is 417 g/mol. The van der Waals surface area contributed by atoms with Gasteiger partial charge in [0.2, 0.25) is 5.91 Å². The van der Waals surface area contributed by atoms with E-state index in [2.05, 4.69) is 5.10 Å².